The van der Waals surface area contributed by atoms with Crippen LogP contribution in [0.5, 0.6) is 0 Å². The third kappa shape index (κ3) is 5.68. The molecule has 0 amide bonds. The van der Waals surface area contributed by atoms with Gasteiger partial charge in [-0.05, 0) is 61.1 Å². The number of hydrogen-bond donors (Lipinski definition) is 1. The number of ether oxygens (including phenoxy) is 1. The van der Waals surface area contributed by atoms with Crippen LogP contribution in [0, 0.1) is 6.92 Å². The van der Waals surface area contributed by atoms with E-state index in [1.807, 2.05) is 67.6 Å². The van der Waals surface area contributed by atoms with Crippen molar-refractivity contribution in [3.8, 4) is 0 Å². The first-order valence-electron chi connectivity index (χ1n) is 14.1. The number of hydrogen-bond acceptors (Lipinski definition) is 4. The number of nitrogens with zero attached hydrogens (tertiary/aromatic N) is 3. The van der Waals surface area contributed by atoms with Crippen molar-refractivity contribution in [3.05, 3.63) is 118 Å². The molecule has 4 atom stereocenters. The molecule has 6 rings (SSSR count). The third-order valence-electron chi connectivity index (χ3n) is 8.70. The summed E-state index contributed by atoms with van der Waals surface area (Å²) in [5.74, 6) is 1.34. The number of alkyl halides is 6. The second-order valence-corrected chi connectivity index (χ2v) is 11.3. The summed E-state index contributed by atoms with van der Waals surface area (Å²) in [5, 5.41) is 7.35. The minimum atomic E-state index is -4.93. The Morgan fingerprint density at radius 3 is 2.07 bits per heavy atom. The third-order valence-corrected chi connectivity index (χ3v) is 8.70. The standard InChI is InChI=1S/C32H30F6N4O/c1-20-39-29(41-40-20)26-17-30(23-10-6-3-7-11-23)28(13-12-27(26)42(30)18-21-8-4-2-5-9-21)43-19-22-14-24(31(33,34)35)16-25(15-22)32(36,37)38/h2-11,14-16,26-28H,12-13,17-19H2,1H3,(H,39,40,41). The van der Waals surface area contributed by atoms with Crippen molar-refractivity contribution >= 4 is 0 Å². The highest BCUT2D eigenvalue weighted by Crippen LogP contribution is 2.57. The van der Waals surface area contributed by atoms with E-state index in [4.69, 9.17) is 4.74 Å². The molecule has 3 heterocycles. The van der Waals surface area contributed by atoms with Crippen LogP contribution in [0.4, 0.5) is 26.3 Å². The zero-order chi connectivity index (χ0) is 30.4. The Kier molecular flexibility index (Phi) is 7.58. The molecule has 2 fully saturated rings. The number of rotatable bonds is 7. The van der Waals surface area contributed by atoms with Crippen LogP contribution >= 0.6 is 0 Å². The van der Waals surface area contributed by atoms with Gasteiger partial charge in [-0.1, -0.05) is 60.7 Å². The van der Waals surface area contributed by atoms with Crippen LogP contribution in [0.15, 0.2) is 78.9 Å². The molecule has 1 aromatic heterocycles. The lowest BCUT2D eigenvalue weighted by Gasteiger charge is -2.50. The molecular weight excluding hydrogens is 570 g/mol. The predicted molar refractivity (Wildman–Crippen MR) is 147 cm³/mol. The quantitative estimate of drug-likeness (QED) is 0.220. The first-order chi connectivity index (χ1) is 20.4. The lowest BCUT2D eigenvalue weighted by atomic mass is 9.78. The van der Waals surface area contributed by atoms with Crippen molar-refractivity contribution in [1.29, 1.82) is 0 Å². The monoisotopic (exact) mass is 600 g/mol. The van der Waals surface area contributed by atoms with E-state index in [2.05, 4.69) is 20.1 Å². The maximum Gasteiger partial charge on any atom is 0.416 e. The molecule has 2 bridgehead atoms. The highest BCUT2D eigenvalue weighted by Gasteiger charge is 2.60. The topological polar surface area (TPSA) is 54.0 Å². The maximum absolute atomic E-state index is 13.6. The SMILES string of the molecule is Cc1n[nH]c(C2CC3(c4ccccc4)C(OCc4cc(C(F)(F)F)cc(C(F)(F)F)c4)CCC2N3Cc2ccccc2)n1. The second kappa shape index (κ2) is 11.1. The molecule has 2 aliphatic rings. The first-order valence-corrected chi connectivity index (χ1v) is 14.1. The zero-order valence-electron chi connectivity index (χ0n) is 23.3. The van der Waals surface area contributed by atoms with E-state index in [9.17, 15) is 26.3 Å². The predicted octanol–water partition coefficient (Wildman–Crippen LogP) is 7.78. The number of halogens is 6. The van der Waals surface area contributed by atoms with E-state index >= 15 is 0 Å². The summed E-state index contributed by atoms with van der Waals surface area (Å²) in [6.45, 7) is 1.99. The van der Waals surface area contributed by atoms with E-state index in [-0.39, 0.29) is 23.6 Å². The summed E-state index contributed by atoms with van der Waals surface area (Å²) in [6.07, 6.45) is -8.52. The average Bonchev–Trinajstić information content (AvgIpc) is 3.49. The van der Waals surface area contributed by atoms with Crippen LogP contribution in [-0.2, 0) is 35.8 Å². The number of nitrogens with one attached hydrogen (secondary N) is 1. The van der Waals surface area contributed by atoms with Crippen molar-refractivity contribution in [3.63, 3.8) is 0 Å². The van der Waals surface area contributed by atoms with Gasteiger partial charge >= 0.3 is 12.4 Å². The number of benzene rings is 3. The van der Waals surface area contributed by atoms with Crippen LogP contribution in [-0.4, -0.2) is 32.2 Å². The summed E-state index contributed by atoms with van der Waals surface area (Å²) in [5.41, 5.74) is -1.55. The van der Waals surface area contributed by atoms with E-state index in [1.54, 1.807) is 0 Å². The molecule has 1 N–H and O–H groups in total. The minimum Gasteiger partial charge on any atom is -0.371 e. The summed E-state index contributed by atoms with van der Waals surface area (Å²) in [7, 11) is 0. The molecule has 0 saturated carbocycles. The van der Waals surface area contributed by atoms with Gasteiger partial charge in [0.15, 0.2) is 0 Å². The van der Waals surface area contributed by atoms with E-state index in [0.717, 1.165) is 29.1 Å². The van der Waals surface area contributed by atoms with Gasteiger partial charge in [-0.25, -0.2) is 4.98 Å². The lowest BCUT2D eigenvalue weighted by Crippen LogP contribution is -2.56. The fourth-order valence-electron chi connectivity index (χ4n) is 6.90. The van der Waals surface area contributed by atoms with Gasteiger partial charge in [0.25, 0.3) is 0 Å². The van der Waals surface area contributed by atoms with Crippen molar-refractivity contribution in [1.82, 2.24) is 20.1 Å². The summed E-state index contributed by atoms with van der Waals surface area (Å²) in [6, 6.07) is 21.4. The molecule has 226 valence electrons. The van der Waals surface area contributed by atoms with Gasteiger partial charge in [-0.15, -0.1) is 0 Å². The summed E-state index contributed by atoms with van der Waals surface area (Å²) >= 11 is 0. The average molecular weight is 601 g/mol. The number of H-pyrrole nitrogens is 1. The molecule has 3 aromatic carbocycles. The van der Waals surface area contributed by atoms with Crippen molar-refractivity contribution in [2.75, 3.05) is 0 Å². The van der Waals surface area contributed by atoms with E-state index in [0.29, 0.717) is 31.6 Å². The summed E-state index contributed by atoms with van der Waals surface area (Å²) < 4.78 is 87.9. The Morgan fingerprint density at radius 2 is 1.49 bits per heavy atom. The van der Waals surface area contributed by atoms with Gasteiger partial charge in [0, 0.05) is 18.5 Å². The Morgan fingerprint density at radius 1 is 0.860 bits per heavy atom. The Labute approximate surface area is 244 Å². The fourth-order valence-corrected chi connectivity index (χ4v) is 6.90. The minimum absolute atomic E-state index is 0.0379. The fraction of sp³-hybridized carbons (Fsp3) is 0.375. The van der Waals surface area contributed by atoms with Crippen molar-refractivity contribution < 1.29 is 31.1 Å². The number of aromatic amines is 1. The van der Waals surface area contributed by atoms with Gasteiger partial charge in [0.1, 0.15) is 11.6 Å². The smallest absolute Gasteiger partial charge is 0.371 e. The molecule has 0 radical (unpaired) electrons. The van der Waals surface area contributed by atoms with Gasteiger partial charge in [0.2, 0.25) is 0 Å². The van der Waals surface area contributed by atoms with Crippen LogP contribution in [0.1, 0.15) is 64.6 Å². The number of piperidine rings is 1. The lowest BCUT2D eigenvalue weighted by molar-refractivity contribution is -0.143. The second-order valence-electron chi connectivity index (χ2n) is 11.3. The molecule has 5 nitrogen and oxygen atoms in total. The van der Waals surface area contributed by atoms with Crippen molar-refractivity contribution in [2.45, 2.75) is 75.3 Å². The van der Waals surface area contributed by atoms with Crippen LogP contribution in [0.2, 0.25) is 0 Å². The van der Waals surface area contributed by atoms with Gasteiger partial charge in [0.05, 0.1) is 29.4 Å². The highest BCUT2D eigenvalue weighted by atomic mass is 19.4. The normalized spacial score (nSPS) is 24.4. The Bertz CT molecular complexity index is 1520. The molecule has 11 heteroatoms. The van der Waals surface area contributed by atoms with Crippen LogP contribution in [0.25, 0.3) is 0 Å². The molecule has 2 aliphatic heterocycles. The molecule has 43 heavy (non-hydrogen) atoms. The van der Waals surface area contributed by atoms with Gasteiger partial charge in [-0.2, -0.15) is 31.4 Å². The number of fused-ring (bicyclic) bond motifs is 2. The zero-order valence-corrected chi connectivity index (χ0v) is 23.3. The Hall–Kier alpha value is -3.70. The van der Waals surface area contributed by atoms with Gasteiger partial charge in [-0.3, -0.25) is 10.00 Å². The van der Waals surface area contributed by atoms with Gasteiger partial charge < -0.3 is 4.74 Å². The molecule has 4 aromatic rings. The van der Waals surface area contributed by atoms with Crippen LogP contribution in [0.3, 0.4) is 0 Å². The van der Waals surface area contributed by atoms with E-state index < -0.39 is 41.7 Å². The maximum atomic E-state index is 13.6. The van der Waals surface area contributed by atoms with Crippen molar-refractivity contribution in [2.24, 2.45) is 0 Å². The molecule has 2 saturated heterocycles. The first kappa shape index (κ1) is 29.4. The molecule has 0 spiro atoms. The summed E-state index contributed by atoms with van der Waals surface area (Å²) in [4.78, 5) is 7.05. The number of aryl methyl sites for hydroxylation is 1. The van der Waals surface area contributed by atoms with Crippen LogP contribution < -0.4 is 0 Å². The largest absolute Gasteiger partial charge is 0.416 e. The number of aromatic nitrogens is 3. The highest BCUT2D eigenvalue weighted by molar-refractivity contribution is 5.36. The Balaban J connectivity index is 1.41. The molecule has 0 aliphatic carbocycles. The van der Waals surface area contributed by atoms with E-state index in [1.165, 1.54) is 0 Å². The molecular formula is C32H30F6N4O. The molecule has 4 unspecified atom stereocenters.